The minimum absolute atomic E-state index is 0.132. The molecule has 2 saturated heterocycles. The summed E-state index contributed by atoms with van der Waals surface area (Å²) in [7, 11) is 0. The molecule has 32 heavy (non-hydrogen) atoms. The van der Waals surface area contributed by atoms with E-state index >= 15 is 0 Å². The lowest BCUT2D eigenvalue weighted by Gasteiger charge is -2.50. The van der Waals surface area contributed by atoms with Gasteiger partial charge in [0.25, 0.3) is 0 Å². The minimum atomic E-state index is -2.19. The van der Waals surface area contributed by atoms with Crippen LogP contribution in [0.2, 0.25) is 0 Å². The predicted octanol–water partition coefficient (Wildman–Crippen LogP) is -4.71. The van der Waals surface area contributed by atoms with Crippen molar-refractivity contribution in [1.29, 1.82) is 0 Å². The molecule has 11 N–H and O–H groups in total. The number of aliphatic hydroxyl groups excluding tert-OH is 8. The number of phenols is 1. The Hall–Kier alpha value is -1.46. The second-order valence-electron chi connectivity index (χ2n) is 7.85. The van der Waals surface area contributed by atoms with Crippen LogP contribution in [-0.2, 0) is 26.2 Å². The number of rotatable bonds is 6. The summed E-state index contributed by atoms with van der Waals surface area (Å²) in [5.74, 6) is -0.412. The van der Waals surface area contributed by atoms with Crippen LogP contribution in [0.4, 0.5) is 0 Å². The molecule has 2 heterocycles. The Morgan fingerprint density at radius 2 is 1.56 bits per heavy atom. The normalized spacial score (nSPS) is 42.7. The molecule has 0 aromatic heterocycles. The molecule has 2 fully saturated rings. The Bertz CT molecular complexity index is 783. The standard InChI is InChI=1S/C19H29NO12/c20-4-3-7-1-2-9(22)8(5-7)19(6-21)15(11(24)13(26)17(29)32-19)30-18-14(27)10(23)12(25)16(28)31-18/h1-2,5,10-18,21-29H,3-4,6,20H2/t10?,11-,12?,13+,14?,15-,16?,17+,18?,19+/m0/s1. The zero-order chi connectivity index (χ0) is 23.8. The fourth-order valence-electron chi connectivity index (χ4n) is 3.93. The summed E-state index contributed by atoms with van der Waals surface area (Å²) in [5, 5.41) is 91.2. The fourth-order valence-corrected chi connectivity index (χ4v) is 3.93. The van der Waals surface area contributed by atoms with Gasteiger partial charge in [-0.2, -0.15) is 0 Å². The van der Waals surface area contributed by atoms with E-state index in [0.29, 0.717) is 12.0 Å². The van der Waals surface area contributed by atoms with Crippen molar-refractivity contribution in [3.05, 3.63) is 29.3 Å². The smallest absolute Gasteiger partial charge is 0.189 e. The summed E-state index contributed by atoms with van der Waals surface area (Å²) < 4.78 is 15.9. The van der Waals surface area contributed by atoms with Gasteiger partial charge in [0.2, 0.25) is 0 Å². The second kappa shape index (κ2) is 9.80. The fraction of sp³-hybridized carbons (Fsp3) is 0.684. The molecule has 0 radical (unpaired) electrons. The van der Waals surface area contributed by atoms with Gasteiger partial charge >= 0.3 is 0 Å². The molecule has 0 amide bonds. The molecule has 2 aliphatic heterocycles. The van der Waals surface area contributed by atoms with Crippen molar-refractivity contribution in [2.24, 2.45) is 5.73 Å². The van der Waals surface area contributed by atoms with Crippen molar-refractivity contribution in [1.82, 2.24) is 0 Å². The van der Waals surface area contributed by atoms with Gasteiger partial charge in [-0.1, -0.05) is 6.07 Å². The van der Waals surface area contributed by atoms with Gasteiger partial charge in [0.1, 0.15) is 42.4 Å². The van der Waals surface area contributed by atoms with Gasteiger partial charge in [0, 0.05) is 5.56 Å². The first kappa shape index (κ1) is 25.2. The summed E-state index contributed by atoms with van der Waals surface area (Å²) in [5.41, 5.74) is 3.85. The van der Waals surface area contributed by atoms with E-state index in [9.17, 15) is 46.0 Å². The van der Waals surface area contributed by atoms with Crippen LogP contribution < -0.4 is 5.73 Å². The Kier molecular flexibility index (Phi) is 7.71. The number of benzene rings is 1. The highest BCUT2D eigenvalue weighted by Crippen LogP contribution is 2.44. The lowest BCUT2D eigenvalue weighted by atomic mass is 9.80. The molecule has 0 aliphatic carbocycles. The number of ether oxygens (including phenoxy) is 3. The maximum absolute atomic E-state index is 10.7. The number of aliphatic hydroxyl groups is 8. The molecule has 10 atom stereocenters. The quantitative estimate of drug-likeness (QED) is 0.191. The molecule has 3 rings (SSSR count). The van der Waals surface area contributed by atoms with E-state index in [1.807, 2.05) is 0 Å². The molecule has 13 heteroatoms. The zero-order valence-electron chi connectivity index (χ0n) is 16.9. The Morgan fingerprint density at radius 3 is 2.19 bits per heavy atom. The molecular weight excluding hydrogens is 434 g/mol. The van der Waals surface area contributed by atoms with E-state index in [4.69, 9.17) is 19.9 Å². The molecule has 182 valence electrons. The highest BCUT2D eigenvalue weighted by atomic mass is 16.8. The molecule has 5 unspecified atom stereocenters. The van der Waals surface area contributed by atoms with E-state index in [1.54, 1.807) is 6.07 Å². The monoisotopic (exact) mass is 463 g/mol. The maximum atomic E-state index is 10.7. The van der Waals surface area contributed by atoms with Crippen molar-refractivity contribution < 1.29 is 60.2 Å². The molecule has 1 aromatic rings. The number of hydrogen-bond donors (Lipinski definition) is 10. The van der Waals surface area contributed by atoms with E-state index in [-0.39, 0.29) is 12.1 Å². The molecule has 0 saturated carbocycles. The average molecular weight is 463 g/mol. The van der Waals surface area contributed by atoms with Crippen molar-refractivity contribution >= 4 is 0 Å². The van der Waals surface area contributed by atoms with Gasteiger partial charge in [-0.3, -0.25) is 0 Å². The third-order valence-electron chi connectivity index (χ3n) is 5.75. The highest BCUT2D eigenvalue weighted by molar-refractivity contribution is 5.42. The van der Waals surface area contributed by atoms with Crippen LogP contribution in [0.15, 0.2) is 18.2 Å². The summed E-state index contributed by atoms with van der Waals surface area (Å²) in [6.07, 6.45) is -16.8. The van der Waals surface area contributed by atoms with Gasteiger partial charge in [-0.05, 0) is 30.7 Å². The van der Waals surface area contributed by atoms with Crippen LogP contribution in [0.1, 0.15) is 11.1 Å². The van der Waals surface area contributed by atoms with Gasteiger partial charge in [-0.15, -0.1) is 0 Å². The maximum Gasteiger partial charge on any atom is 0.189 e. The van der Waals surface area contributed by atoms with Crippen LogP contribution in [0, 0.1) is 0 Å². The topological polar surface area (TPSA) is 236 Å². The summed E-state index contributed by atoms with van der Waals surface area (Å²) in [4.78, 5) is 0. The highest BCUT2D eigenvalue weighted by Gasteiger charge is 2.58. The summed E-state index contributed by atoms with van der Waals surface area (Å²) in [6, 6.07) is 4.23. The molecule has 0 bridgehead atoms. The lowest BCUT2D eigenvalue weighted by Crippen LogP contribution is -2.67. The largest absolute Gasteiger partial charge is 0.508 e. The van der Waals surface area contributed by atoms with E-state index in [2.05, 4.69) is 0 Å². The van der Waals surface area contributed by atoms with E-state index in [0.717, 1.165) is 0 Å². The zero-order valence-corrected chi connectivity index (χ0v) is 16.9. The Balaban J connectivity index is 2.05. The molecular formula is C19H29NO12. The Labute approximate surface area is 182 Å². The number of nitrogens with two attached hydrogens (primary N) is 1. The molecule has 13 nitrogen and oxygen atoms in total. The predicted molar refractivity (Wildman–Crippen MR) is 103 cm³/mol. The van der Waals surface area contributed by atoms with Gasteiger partial charge in [0.05, 0.1) is 6.61 Å². The van der Waals surface area contributed by atoms with Crippen LogP contribution in [0.5, 0.6) is 5.75 Å². The number of hydrogen-bond acceptors (Lipinski definition) is 13. The summed E-state index contributed by atoms with van der Waals surface area (Å²) in [6.45, 7) is -0.740. The average Bonchev–Trinajstić information content (AvgIpc) is 2.77. The number of aromatic hydroxyl groups is 1. The van der Waals surface area contributed by atoms with Crippen LogP contribution in [-0.4, -0.2) is 115 Å². The minimum Gasteiger partial charge on any atom is -0.508 e. The van der Waals surface area contributed by atoms with Crippen LogP contribution in [0.3, 0.4) is 0 Å². The van der Waals surface area contributed by atoms with Gasteiger partial charge in [0.15, 0.2) is 24.5 Å². The third kappa shape index (κ3) is 4.35. The Morgan fingerprint density at radius 1 is 0.906 bits per heavy atom. The molecule has 1 aromatic carbocycles. The van der Waals surface area contributed by atoms with Gasteiger partial charge < -0.3 is 65.9 Å². The first-order valence-corrected chi connectivity index (χ1v) is 9.96. The molecule has 2 aliphatic rings. The number of phenolic OH excluding ortho intramolecular Hbond substituents is 1. The molecule has 0 spiro atoms. The van der Waals surface area contributed by atoms with Crippen LogP contribution in [0.25, 0.3) is 0 Å². The van der Waals surface area contributed by atoms with Gasteiger partial charge in [-0.25, -0.2) is 0 Å². The van der Waals surface area contributed by atoms with Crippen molar-refractivity contribution in [2.75, 3.05) is 13.2 Å². The van der Waals surface area contributed by atoms with Crippen molar-refractivity contribution in [3.8, 4) is 5.75 Å². The second-order valence-corrected chi connectivity index (χ2v) is 7.85. The van der Waals surface area contributed by atoms with E-state index < -0.39 is 73.5 Å². The van der Waals surface area contributed by atoms with Crippen molar-refractivity contribution in [3.63, 3.8) is 0 Å². The first-order valence-electron chi connectivity index (χ1n) is 9.96. The summed E-state index contributed by atoms with van der Waals surface area (Å²) >= 11 is 0. The van der Waals surface area contributed by atoms with Crippen molar-refractivity contribution in [2.45, 2.75) is 67.5 Å². The van der Waals surface area contributed by atoms with E-state index in [1.165, 1.54) is 12.1 Å². The lowest BCUT2D eigenvalue weighted by molar-refractivity contribution is -0.395. The first-order chi connectivity index (χ1) is 15.1. The SMILES string of the molecule is NCCc1ccc(O)c([C@@]2(CO)O[C@@H](O)[C@H](O)[C@H](O)[C@@H]2OC2OC(O)C(O)C(O)C2O)c1. The third-order valence-corrected chi connectivity index (χ3v) is 5.75. The van der Waals surface area contributed by atoms with Crippen LogP contribution >= 0.6 is 0 Å².